The first-order chi connectivity index (χ1) is 10.6. The number of benzene rings is 2. The van der Waals surface area contributed by atoms with Crippen molar-refractivity contribution in [3.63, 3.8) is 0 Å². The molecule has 0 aliphatic rings. The summed E-state index contributed by atoms with van der Waals surface area (Å²) in [7, 11) is 1.64. The normalized spacial score (nSPS) is 13.6. The molecule has 2 aromatic rings. The summed E-state index contributed by atoms with van der Waals surface area (Å²) in [6.45, 7) is 2.66. The van der Waals surface area contributed by atoms with Crippen molar-refractivity contribution in [2.75, 3.05) is 13.7 Å². The van der Waals surface area contributed by atoms with E-state index in [1.54, 1.807) is 7.11 Å². The Morgan fingerprint density at radius 1 is 1.09 bits per heavy atom. The number of aliphatic hydroxyl groups excluding tert-OH is 1. The van der Waals surface area contributed by atoms with Crippen molar-refractivity contribution in [3.8, 4) is 5.75 Å². The molecule has 3 nitrogen and oxygen atoms in total. The predicted molar refractivity (Wildman–Crippen MR) is 93.3 cm³/mol. The first kappa shape index (κ1) is 17.0. The zero-order valence-corrected chi connectivity index (χ0v) is 14.5. The average molecular weight is 364 g/mol. The zero-order valence-electron chi connectivity index (χ0n) is 12.9. The van der Waals surface area contributed by atoms with Gasteiger partial charge in [0.2, 0.25) is 0 Å². The Morgan fingerprint density at radius 2 is 1.73 bits per heavy atom. The van der Waals surface area contributed by atoms with E-state index in [0.29, 0.717) is 12.6 Å². The Hall–Kier alpha value is -1.36. The molecule has 0 aliphatic carbocycles. The van der Waals surface area contributed by atoms with Crippen LogP contribution in [0.3, 0.4) is 0 Å². The number of hydrogen-bond donors (Lipinski definition) is 2. The van der Waals surface area contributed by atoms with Gasteiger partial charge in [-0.25, -0.2) is 0 Å². The predicted octanol–water partition coefficient (Wildman–Crippen LogP) is 3.71. The molecule has 0 saturated carbocycles. The van der Waals surface area contributed by atoms with Crippen LogP contribution >= 0.6 is 15.9 Å². The van der Waals surface area contributed by atoms with Crippen molar-refractivity contribution < 1.29 is 9.84 Å². The SMILES string of the molecule is COc1ccc(C(O)CNC(C)Cc2ccc(Br)cc2)cc1. The molecule has 22 heavy (non-hydrogen) atoms. The lowest BCUT2D eigenvalue weighted by molar-refractivity contribution is 0.170. The van der Waals surface area contributed by atoms with Gasteiger partial charge in [-0.3, -0.25) is 0 Å². The Bertz CT molecular complexity index is 569. The highest BCUT2D eigenvalue weighted by molar-refractivity contribution is 9.10. The molecule has 0 fully saturated rings. The third kappa shape index (κ3) is 5.13. The molecule has 0 heterocycles. The first-order valence-corrected chi connectivity index (χ1v) is 8.17. The van der Waals surface area contributed by atoms with Gasteiger partial charge in [-0.2, -0.15) is 0 Å². The van der Waals surface area contributed by atoms with Gasteiger partial charge in [-0.15, -0.1) is 0 Å². The fourth-order valence-electron chi connectivity index (χ4n) is 2.30. The van der Waals surface area contributed by atoms with Crippen molar-refractivity contribution in [1.29, 1.82) is 0 Å². The van der Waals surface area contributed by atoms with E-state index in [-0.39, 0.29) is 0 Å². The first-order valence-electron chi connectivity index (χ1n) is 7.38. The van der Waals surface area contributed by atoms with E-state index in [2.05, 4.69) is 40.3 Å². The molecule has 2 aromatic carbocycles. The molecule has 4 heteroatoms. The zero-order chi connectivity index (χ0) is 15.9. The second-order valence-electron chi connectivity index (χ2n) is 5.43. The minimum Gasteiger partial charge on any atom is -0.497 e. The molecule has 118 valence electrons. The number of ether oxygens (including phenoxy) is 1. The average Bonchev–Trinajstić information content (AvgIpc) is 2.55. The van der Waals surface area contributed by atoms with Gasteiger partial charge in [-0.05, 0) is 48.7 Å². The van der Waals surface area contributed by atoms with E-state index in [0.717, 1.165) is 22.2 Å². The molecule has 0 aliphatic heterocycles. The van der Waals surface area contributed by atoms with Gasteiger partial charge in [0.1, 0.15) is 5.75 Å². The Kier molecular flexibility index (Phi) is 6.43. The maximum absolute atomic E-state index is 10.2. The second-order valence-corrected chi connectivity index (χ2v) is 6.34. The minimum atomic E-state index is -0.515. The van der Waals surface area contributed by atoms with E-state index < -0.39 is 6.10 Å². The van der Waals surface area contributed by atoms with Gasteiger partial charge in [0.15, 0.2) is 0 Å². The fourth-order valence-corrected chi connectivity index (χ4v) is 2.57. The number of rotatable bonds is 7. The molecule has 2 rings (SSSR count). The van der Waals surface area contributed by atoms with Crippen LogP contribution in [0.2, 0.25) is 0 Å². The summed E-state index contributed by atoms with van der Waals surface area (Å²) in [4.78, 5) is 0. The number of halogens is 1. The summed E-state index contributed by atoms with van der Waals surface area (Å²) >= 11 is 3.44. The fraction of sp³-hybridized carbons (Fsp3) is 0.333. The van der Waals surface area contributed by atoms with E-state index in [9.17, 15) is 5.11 Å². The van der Waals surface area contributed by atoms with E-state index >= 15 is 0 Å². The highest BCUT2D eigenvalue weighted by Crippen LogP contribution is 2.17. The summed E-state index contributed by atoms with van der Waals surface area (Å²) < 4.78 is 6.21. The van der Waals surface area contributed by atoms with Crippen LogP contribution in [0.5, 0.6) is 5.75 Å². The summed E-state index contributed by atoms with van der Waals surface area (Å²) in [6.07, 6.45) is 0.418. The third-order valence-electron chi connectivity index (χ3n) is 3.62. The molecule has 0 spiro atoms. The van der Waals surface area contributed by atoms with Gasteiger partial charge in [0.05, 0.1) is 13.2 Å². The summed E-state index contributed by atoms with van der Waals surface area (Å²) in [5.74, 6) is 0.799. The van der Waals surface area contributed by atoms with Crippen molar-refractivity contribution in [1.82, 2.24) is 5.32 Å². The molecule has 2 unspecified atom stereocenters. The van der Waals surface area contributed by atoms with Crippen LogP contribution in [-0.4, -0.2) is 24.8 Å². The van der Waals surface area contributed by atoms with Crippen LogP contribution in [0.1, 0.15) is 24.2 Å². The van der Waals surface area contributed by atoms with Gasteiger partial charge in [0, 0.05) is 17.1 Å². The van der Waals surface area contributed by atoms with Gasteiger partial charge >= 0.3 is 0 Å². The van der Waals surface area contributed by atoms with Gasteiger partial charge in [0.25, 0.3) is 0 Å². The highest BCUT2D eigenvalue weighted by atomic mass is 79.9. The second kappa shape index (κ2) is 8.32. The molecular formula is C18H22BrNO2. The van der Waals surface area contributed by atoms with Crippen LogP contribution in [0.25, 0.3) is 0 Å². The van der Waals surface area contributed by atoms with Crippen molar-refractivity contribution >= 4 is 15.9 Å². The molecule has 0 bridgehead atoms. The number of hydrogen-bond acceptors (Lipinski definition) is 3. The van der Waals surface area contributed by atoms with E-state index in [4.69, 9.17) is 4.74 Å². The van der Waals surface area contributed by atoms with Crippen LogP contribution in [0, 0.1) is 0 Å². The maximum Gasteiger partial charge on any atom is 0.118 e. The van der Waals surface area contributed by atoms with Crippen LogP contribution in [0.15, 0.2) is 53.0 Å². The monoisotopic (exact) mass is 363 g/mol. The van der Waals surface area contributed by atoms with E-state index in [1.165, 1.54) is 5.56 Å². The third-order valence-corrected chi connectivity index (χ3v) is 4.14. The lowest BCUT2D eigenvalue weighted by Crippen LogP contribution is -2.32. The number of aliphatic hydroxyl groups is 1. The molecular weight excluding hydrogens is 342 g/mol. The van der Waals surface area contributed by atoms with Crippen molar-refractivity contribution in [2.45, 2.75) is 25.5 Å². The minimum absolute atomic E-state index is 0.300. The molecule has 2 N–H and O–H groups in total. The molecule has 0 saturated heterocycles. The van der Waals surface area contributed by atoms with Crippen LogP contribution in [-0.2, 0) is 6.42 Å². The smallest absolute Gasteiger partial charge is 0.118 e. The molecule has 0 radical (unpaired) electrons. The van der Waals surface area contributed by atoms with Crippen LogP contribution in [0.4, 0.5) is 0 Å². The Labute approximate surface area is 140 Å². The molecule has 0 aromatic heterocycles. The number of nitrogens with one attached hydrogen (secondary N) is 1. The standard InChI is InChI=1S/C18H22BrNO2/c1-13(11-14-3-7-16(19)8-4-14)20-12-18(21)15-5-9-17(22-2)10-6-15/h3-10,13,18,20-21H,11-12H2,1-2H3. The summed E-state index contributed by atoms with van der Waals surface area (Å²) in [6, 6.07) is 16.1. The maximum atomic E-state index is 10.2. The largest absolute Gasteiger partial charge is 0.497 e. The Balaban J connectivity index is 1.81. The summed E-state index contributed by atoms with van der Waals surface area (Å²) in [5, 5.41) is 13.6. The van der Waals surface area contributed by atoms with Gasteiger partial charge in [-0.1, -0.05) is 40.2 Å². The van der Waals surface area contributed by atoms with E-state index in [1.807, 2.05) is 36.4 Å². The lowest BCUT2D eigenvalue weighted by atomic mass is 10.1. The quantitative estimate of drug-likeness (QED) is 0.787. The molecule has 0 amide bonds. The summed E-state index contributed by atoms with van der Waals surface area (Å²) in [5.41, 5.74) is 2.17. The van der Waals surface area contributed by atoms with Crippen molar-refractivity contribution in [3.05, 3.63) is 64.1 Å². The molecule has 2 atom stereocenters. The lowest BCUT2D eigenvalue weighted by Gasteiger charge is -2.18. The van der Waals surface area contributed by atoms with Crippen molar-refractivity contribution in [2.24, 2.45) is 0 Å². The highest BCUT2D eigenvalue weighted by Gasteiger charge is 2.10. The Morgan fingerprint density at radius 3 is 2.32 bits per heavy atom. The number of methoxy groups -OCH3 is 1. The topological polar surface area (TPSA) is 41.5 Å². The van der Waals surface area contributed by atoms with Gasteiger partial charge < -0.3 is 15.2 Å². The van der Waals surface area contributed by atoms with Crippen LogP contribution < -0.4 is 10.1 Å².